The molecule has 2 heterocycles. The summed E-state index contributed by atoms with van der Waals surface area (Å²) in [7, 11) is 0. The monoisotopic (exact) mass is 370 g/mol. The molecule has 1 aliphatic heterocycles. The predicted octanol–water partition coefficient (Wildman–Crippen LogP) is 3.18. The van der Waals surface area contributed by atoms with Gasteiger partial charge in [-0.25, -0.2) is 9.18 Å². The molecule has 2 aromatic rings. The molecule has 0 unspecified atom stereocenters. The van der Waals surface area contributed by atoms with Crippen molar-refractivity contribution in [1.29, 1.82) is 0 Å². The van der Waals surface area contributed by atoms with Crippen LogP contribution in [-0.4, -0.2) is 41.5 Å². The van der Waals surface area contributed by atoms with Gasteiger partial charge in [0.25, 0.3) is 0 Å². The van der Waals surface area contributed by atoms with Gasteiger partial charge in [0.1, 0.15) is 5.82 Å². The minimum Gasteiger partial charge on any atom is -0.350 e. The van der Waals surface area contributed by atoms with Gasteiger partial charge in [-0.05, 0) is 24.3 Å². The second kappa shape index (κ2) is 8.38. The molecule has 0 spiro atoms. The third-order valence-electron chi connectivity index (χ3n) is 3.00. The van der Waals surface area contributed by atoms with Crippen molar-refractivity contribution < 1.29 is 18.7 Å². The number of rotatable bonds is 6. The summed E-state index contributed by atoms with van der Waals surface area (Å²) >= 11 is 2.82. The van der Waals surface area contributed by atoms with Crippen LogP contribution in [-0.2, 0) is 9.47 Å². The maximum atomic E-state index is 12.8. The van der Waals surface area contributed by atoms with Crippen LogP contribution in [0.3, 0.4) is 0 Å². The molecule has 1 aliphatic rings. The van der Waals surface area contributed by atoms with E-state index in [0.29, 0.717) is 24.0 Å². The Morgan fingerprint density at radius 3 is 2.75 bits per heavy atom. The number of urea groups is 1. The number of nitrogens with one attached hydrogen (secondary N) is 2. The summed E-state index contributed by atoms with van der Waals surface area (Å²) in [5.41, 5.74) is 0.490. The van der Waals surface area contributed by atoms with E-state index in [1.807, 2.05) is 0 Å². The molecule has 0 atom stereocenters. The molecule has 10 heteroatoms. The largest absolute Gasteiger partial charge is 0.350 e. The van der Waals surface area contributed by atoms with Crippen molar-refractivity contribution in [3.05, 3.63) is 30.1 Å². The van der Waals surface area contributed by atoms with Gasteiger partial charge in [-0.2, -0.15) is 0 Å². The lowest BCUT2D eigenvalue weighted by molar-refractivity contribution is -0.0421. The number of aromatic nitrogens is 2. The molecular weight excluding hydrogens is 355 g/mol. The molecule has 0 radical (unpaired) electrons. The Morgan fingerprint density at radius 2 is 2.00 bits per heavy atom. The molecule has 3 rings (SSSR count). The fourth-order valence-corrected chi connectivity index (χ4v) is 3.71. The van der Waals surface area contributed by atoms with Crippen LogP contribution in [0.25, 0.3) is 0 Å². The number of hydrogen-bond donors (Lipinski definition) is 2. The lowest BCUT2D eigenvalue weighted by atomic mass is 10.3. The van der Waals surface area contributed by atoms with E-state index in [1.165, 1.54) is 47.4 Å². The summed E-state index contributed by atoms with van der Waals surface area (Å²) < 4.78 is 24.3. The lowest BCUT2D eigenvalue weighted by Gasteiger charge is -2.06. The first kappa shape index (κ1) is 17.1. The number of nitrogens with zero attached hydrogens (tertiary/aromatic N) is 2. The highest BCUT2D eigenvalue weighted by atomic mass is 32.2. The van der Waals surface area contributed by atoms with Crippen molar-refractivity contribution in [2.75, 3.05) is 29.6 Å². The maximum Gasteiger partial charge on any atom is 0.325 e. The van der Waals surface area contributed by atoms with Gasteiger partial charge >= 0.3 is 6.03 Å². The molecule has 0 aliphatic carbocycles. The van der Waals surface area contributed by atoms with E-state index in [2.05, 4.69) is 20.8 Å². The normalized spacial score (nSPS) is 14.7. The van der Waals surface area contributed by atoms with Crippen molar-refractivity contribution in [2.45, 2.75) is 17.1 Å². The second-order valence-corrected chi connectivity index (χ2v) is 7.09. The highest BCUT2D eigenvalue weighted by molar-refractivity contribution is 8.01. The van der Waals surface area contributed by atoms with E-state index in [0.717, 1.165) is 16.5 Å². The van der Waals surface area contributed by atoms with E-state index in [4.69, 9.17) is 9.47 Å². The summed E-state index contributed by atoms with van der Waals surface area (Å²) in [4.78, 5) is 11.8. The topological polar surface area (TPSA) is 85.4 Å². The van der Waals surface area contributed by atoms with Crippen LogP contribution in [0.1, 0.15) is 6.42 Å². The van der Waals surface area contributed by atoms with Crippen molar-refractivity contribution in [3.8, 4) is 0 Å². The average molecular weight is 370 g/mol. The first-order chi connectivity index (χ1) is 11.7. The molecule has 2 N–H and O–H groups in total. The molecule has 0 saturated carbocycles. The van der Waals surface area contributed by atoms with Crippen LogP contribution in [0, 0.1) is 5.82 Å². The van der Waals surface area contributed by atoms with Crippen molar-refractivity contribution in [2.24, 2.45) is 0 Å². The summed E-state index contributed by atoms with van der Waals surface area (Å²) in [6.45, 7) is 1.29. The number of amides is 2. The zero-order valence-corrected chi connectivity index (χ0v) is 14.2. The first-order valence-corrected chi connectivity index (χ1v) is 9.02. The van der Waals surface area contributed by atoms with Crippen molar-refractivity contribution in [3.63, 3.8) is 0 Å². The standard InChI is InChI=1S/C14H15FN4O3S2/c15-9-1-3-10(4-2-9)16-12(20)17-13-18-19-14(24-13)23-8-5-11-21-6-7-22-11/h1-4,11H,5-8H2,(H2,16,17,18,20). The van der Waals surface area contributed by atoms with E-state index in [-0.39, 0.29) is 12.1 Å². The van der Waals surface area contributed by atoms with Crippen LogP contribution in [0.4, 0.5) is 20.0 Å². The Labute approximate surface area is 145 Å². The molecule has 1 aromatic heterocycles. The molecule has 1 fully saturated rings. The van der Waals surface area contributed by atoms with Gasteiger partial charge in [-0.3, -0.25) is 5.32 Å². The van der Waals surface area contributed by atoms with Crippen LogP contribution in [0.2, 0.25) is 0 Å². The fraction of sp³-hybridized carbons (Fsp3) is 0.357. The van der Waals surface area contributed by atoms with E-state index >= 15 is 0 Å². The number of ether oxygens (including phenoxy) is 2. The minimum absolute atomic E-state index is 0.135. The minimum atomic E-state index is -0.456. The highest BCUT2D eigenvalue weighted by Crippen LogP contribution is 2.27. The van der Waals surface area contributed by atoms with Gasteiger partial charge < -0.3 is 14.8 Å². The van der Waals surface area contributed by atoms with Crippen LogP contribution in [0.5, 0.6) is 0 Å². The number of thioether (sulfide) groups is 1. The summed E-state index contributed by atoms with van der Waals surface area (Å²) in [5.74, 6) is 0.432. The third kappa shape index (κ3) is 5.13. The molecule has 2 amide bonds. The Balaban J connectivity index is 1.42. The van der Waals surface area contributed by atoms with Gasteiger partial charge in [-0.15, -0.1) is 10.2 Å². The average Bonchev–Trinajstić information content (AvgIpc) is 3.22. The SMILES string of the molecule is O=C(Nc1ccc(F)cc1)Nc1nnc(SCCC2OCCO2)s1. The number of benzene rings is 1. The van der Waals surface area contributed by atoms with Crippen molar-refractivity contribution in [1.82, 2.24) is 10.2 Å². The van der Waals surface area contributed by atoms with Gasteiger partial charge in [-0.1, -0.05) is 23.1 Å². The lowest BCUT2D eigenvalue weighted by Crippen LogP contribution is -2.19. The van der Waals surface area contributed by atoms with Crippen LogP contribution >= 0.6 is 23.1 Å². The van der Waals surface area contributed by atoms with Gasteiger partial charge in [0.2, 0.25) is 5.13 Å². The zero-order chi connectivity index (χ0) is 16.8. The maximum absolute atomic E-state index is 12.8. The fourth-order valence-electron chi connectivity index (χ4n) is 1.93. The van der Waals surface area contributed by atoms with E-state index < -0.39 is 6.03 Å². The molecule has 1 saturated heterocycles. The van der Waals surface area contributed by atoms with Gasteiger partial charge in [0, 0.05) is 17.9 Å². The van der Waals surface area contributed by atoms with E-state index in [1.54, 1.807) is 0 Å². The van der Waals surface area contributed by atoms with Crippen LogP contribution in [0.15, 0.2) is 28.6 Å². The molecule has 7 nitrogen and oxygen atoms in total. The smallest absolute Gasteiger partial charge is 0.325 e. The number of halogens is 1. The first-order valence-electron chi connectivity index (χ1n) is 7.22. The number of carbonyl (C=O) groups is 1. The number of hydrogen-bond acceptors (Lipinski definition) is 7. The van der Waals surface area contributed by atoms with Gasteiger partial charge in [0.05, 0.1) is 13.2 Å². The Hall–Kier alpha value is -1.75. The molecule has 24 heavy (non-hydrogen) atoms. The van der Waals surface area contributed by atoms with Gasteiger partial charge in [0.15, 0.2) is 10.6 Å². The summed E-state index contributed by atoms with van der Waals surface area (Å²) in [5, 5.41) is 13.5. The summed E-state index contributed by atoms with van der Waals surface area (Å²) in [6.07, 6.45) is 0.641. The Kier molecular flexibility index (Phi) is 5.96. The van der Waals surface area contributed by atoms with E-state index in [9.17, 15) is 9.18 Å². The number of anilines is 2. The van der Waals surface area contributed by atoms with Crippen molar-refractivity contribution >= 4 is 39.9 Å². The zero-order valence-electron chi connectivity index (χ0n) is 12.5. The quantitative estimate of drug-likeness (QED) is 0.600. The third-order valence-corrected chi connectivity index (χ3v) is 5.00. The molecule has 1 aromatic carbocycles. The predicted molar refractivity (Wildman–Crippen MR) is 90.0 cm³/mol. The summed E-state index contributed by atoms with van der Waals surface area (Å²) in [6, 6.07) is 5.04. The highest BCUT2D eigenvalue weighted by Gasteiger charge is 2.16. The molecule has 128 valence electrons. The second-order valence-electron chi connectivity index (χ2n) is 4.77. The number of carbonyl (C=O) groups excluding carboxylic acids is 1. The Bertz CT molecular complexity index is 677. The molecule has 0 bridgehead atoms. The molecular formula is C14H15FN4O3S2. The Morgan fingerprint density at radius 1 is 1.25 bits per heavy atom. The van der Waals surface area contributed by atoms with Crippen LogP contribution < -0.4 is 10.6 Å².